The van der Waals surface area contributed by atoms with Crippen LogP contribution in [0.2, 0.25) is 6.04 Å². The van der Waals surface area contributed by atoms with Gasteiger partial charge in [0, 0.05) is 32.4 Å². The molecule has 0 aliphatic rings. The van der Waals surface area contributed by atoms with Crippen LogP contribution < -0.4 is 5.32 Å². The summed E-state index contributed by atoms with van der Waals surface area (Å²) in [7, 11) is -2.69. The first kappa shape index (κ1) is 19.3. The van der Waals surface area contributed by atoms with Crippen LogP contribution in [0.25, 0.3) is 0 Å². The molecule has 20 heavy (non-hydrogen) atoms. The molecular weight excluding hydrogens is 274 g/mol. The Bertz CT molecular complexity index is 252. The second-order valence-corrected chi connectivity index (χ2v) is 7.21. The van der Waals surface area contributed by atoms with E-state index in [-0.39, 0.29) is 5.91 Å². The zero-order valence-corrected chi connectivity index (χ0v) is 14.1. The zero-order valence-electron chi connectivity index (χ0n) is 13.1. The average molecular weight is 303 g/mol. The molecule has 1 N–H and O–H groups in total. The van der Waals surface area contributed by atoms with Crippen molar-refractivity contribution >= 4 is 14.7 Å². The maximum Gasteiger partial charge on any atom is 0.502 e. The third-order valence-electron chi connectivity index (χ3n) is 2.49. The lowest BCUT2D eigenvalue weighted by atomic mass is 10.5. The standard InChI is InChI=1S/C14H29NO4Si/c1-5-10-17-20(18-11-6-2,19-12-7-3)13-9-15-14(16)8-4/h8H,4-7,9-13H2,1-3H3,(H,15,16). The van der Waals surface area contributed by atoms with Crippen molar-refractivity contribution in [1.29, 1.82) is 0 Å². The predicted octanol–water partition coefficient (Wildman–Crippen LogP) is 2.51. The van der Waals surface area contributed by atoms with Crippen LogP contribution in [0.5, 0.6) is 0 Å². The van der Waals surface area contributed by atoms with E-state index < -0.39 is 8.80 Å². The quantitative estimate of drug-likeness (QED) is 0.419. The Balaban J connectivity index is 4.56. The van der Waals surface area contributed by atoms with Crippen molar-refractivity contribution < 1.29 is 18.1 Å². The highest BCUT2D eigenvalue weighted by molar-refractivity contribution is 6.60. The fourth-order valence-corrected chi connectivity index (χ4v) is 4.18. The van der Waals surface area contributed by atoms with Crippen LogP contribution in [0.1, 0.15) is 40.0 Å². The van der Waals surface area contributed by atoms with Gasteiger partial charge in [-0.05, 0) is 25.3 Å². The van der Waals surface area contributed by atoms with Gasteiger partial charge in [0.1, 0.15) is 0 Å². The van der Waals surface area contributed by atoms with Gasteiger partial charge in [-0.15, -0.1) is 0 Å². The molecule has 0 aromatic rings. The van der Waals surface area contributed by atoms with Crippen molar-refractivity contribution in [2.24, 2.45) is 0 Å². The summed E-state index contributed by atoms with van der Waals surface area (Å²) in [6.07, 6.45) is 4.01. The molecule has 0 heterocycles. The monoisotopic (exact) mass is 303 g/mol. The van der Waals surface area contributed by atoms with E-state index >= 15 is 0 Å². The van der Waals surface area contributed by atoms with Gasteiger partial charge >= 0.3 is 8.80 Å². The van der Waals surface area contributed by atoms with E-state index in [1.807, 2.05) is 0 Å². The van der Waals surface area contributed by atoms with E-state index in [1.54, 1.807) is 0 Å². The molecule has 1 amide bonds. The topological polar surface area (TPSA) is 56.8 Å². The summed E-state index contributed by atoms with van der Waals surface area (Å²) in [6, 6.07) is 0.590. The van der Waals surface area contributed by atoms with E-state index in [4.69, 9.17) is 13.3 Å². The molecule has 0 fully saturated rings. The molecule has 118 valence electrons. The van der Waals surface area contributed by atoms with Crippen LogP contribution in [-0.4, -0.2) is 41.1 Å². The summed E-state index contributed by atoms with van der Waals surface area (Å²) in [5.74, 6) is -0.186. The van der Waals surface area contributed by atoms with Crippen LogP contribution in [0.3, 0.4) is 0 Å². The van der Waals surface area contributed by atoms with Gasteiger partial charge in [-0.2, -0.15) is 0 Å². The minimum absolute atomic E-state index is 0.186. The highest BCUT2D eigenvalue weighted by Crippen LogP contribution is 2.17. The van der Waals surface area contributed by atoms with Gasteiger partial charge in [0.05, 0.1) is 0 Å². The first-order valence-electron chi connectivity index (χ1n) is 7.46. The summed E-state index contributed by atoms with van der Waals surface area (Å²) < 4.78 is 17.7. The average Bonchev–Trinajstić information content (AvgIpc) is 2.48. The fourth-order valence-electron chi connectivity index (χ4n) is 1.53. The number of hydrogen-bond donors (Lipinski definition) is 1. The van der Waals surface area contributed by atoms with Gasteiger partial charge < -0.3 is 18.6 Å². The Morgan fingerprint density at radius 1 is 1.05 bits per heavy atom. The molecule has 0 bridgehead atoms. The maximum absolute atomic E-state index is 11.2. The Morgan fingerprint density at radius 2 is 1.50 bits per heavy atom. The van der Waals surface area contributed by atoms with Crippen LogP contribution in [-0.2, 0) is 18.1 Å². The second kappa shape index (κ2) is 12.1. The molecule has 5 nitrogen and oxygen atoms in total. The van der Waals surface area contributed by atoms with E-state index in [0.717, 1.165) is 19.3 Å². The van der Waals surface area contributed by atoms with E-state index in [0.29, 0.717) is 32.4 Å². The third kappa shape index (κ3) is 8.47. The third-order valence-corrected chi connectivity index (χ3v) is 5.29. The van der Waals surface area contributed by atoms with Gasteiger partial charge in [-0.1, -0.05) is 27.4 Å². The van der Waals surface area contributed by atoms with Gasteiger partial charge in [0.2, 0.25) is 5.91 Å². The minimum atomic E-state index is -2.69. The molecule has 6 heteroatoms. The first-order chi connectivity index (χ1) is 9.64. The molecule has 0 radical (unpaired) electrons. The Morgan fingerprint density at radius 3 is 1.85 bits per heavy atom. The molecule has 0 saturated carbocycles. The normalized spacial score (nSPS) is 11.3. The van der Waals surface area contributed by atoms with Gasteiger partial charge in [-0.25, -0.2) is 0 Å². The SMILES string of the molecule is C=CC(=O)NCC[Si](OCCC)(OCCC)OCCC. The fraction of sp³-hybridized carbons (Fsp3) is 0.786. The van der Waals surface area contributed by atoms with E-state index in [2.05, 4.69) is 32.7 Å². The van der Waals surface area contributed by atoms with Gasteiger partial charge in [-0.3, -0.25) is 4.79 Å². The van der Waals surface area contributed by atoms with Crippen molar-refractivity contribution in [2.75, 3.05) is 26.4 Å². The summed E-state index contributed by atoms with van der Waals surface area (Å²) in [5, 5.41) is 2.75. The van der Waals surface area contributed by atoms with E-state index in [9.17, 15) is 4.79 Å². The molecule has 0 rings (SSSR count). The van der Waals surface area contributed by atoms with Crippen molar-refractivity contribution in [3.63, 3.8) is 0 Å². The molecule has 0 aromatic heterocycles. The number of amides is 1. The lowest BCUT2D eigenvalue weighted by Crippen LogP contribution is -2.48. The lowest BCUT2D eigenvalue weighted by molar-refractivity contribution is -0.116. The molecule has 0 aromatic carbocycles. The molecule has 0 unspecified atom stereocenters. The van der Waals surface area contributed by atoms with Crippen LogP contribution in [0, 0.1) is 0 Å². The summed E-state index contributed by atoms with van der Waals surface area (Å²) in [4.78, 5) is 11.2. The second-order valence-electron chi connectivity index (χ2n) is 4.47. The molecular formula is C14H29NO4Si. The number of nitrogens with one attached hydrogen (secondary N) is 1. The van der Waals surface area contributed by atoms with Crippen LogP contribution in [0.15, 0.2) is 12.7 Å². The minimum Gasteiger partial charge on any atom is -0.373 e. The number of carbonyl (C=O) groups excluding carboxylic acids is 1. The molecule has 0 atom stereocenters. The Kier molecular flexibility index (Phi) is 11.7. The molecule has 0 spiro atoms. The summed E-state index contributed by atoms with van der Waals surface area (Å²) in [5.41, 5.74) is 0. The highest BCUT2D eigenvalue weighted by atomic mass is 28.4. The van der Waals surface area contributed by atoms with Crippen molar-refractivity contribution in [1.82, 2.24) is 5.32 Å². The molecule has 0 aliphatic carbocycles. The zero-order chi connectivity index (χ0) is 15.3. The predicted molar refractivity (Wildman–Crippen MR) is 82.5 cm³/mol. The summed E-state index contributed by atoms with van der Waals surface area (Å²) >= 11 is 0. The van der Waals surface area contributed by atoms with Gasteiger partial charge in [0.15, 0.2) is 0 Å². The highest BCUT2D eigenvalue weighted by Gasteiger charge is 2.40. The van der Waals surface area contributed by atoms with Gasteiger partial charge in [0.25, 0.3) is 0 Å². The van der Waals surface area contributed by atoms with Crippen molar-refractivity contribution in [3.8, 4) is 0 Å². The lowest BCUT2D eigenvalue weighted by Gasteiger charge is -2.29. The smallest absolute Gasteiger partial charge is 0.373 e. The number of rotatable bonds is 13. The maximum atomic E-state index is 11.2. The van der Waals surface area contributed by atoms with Crippen molar-refractivity contribution in [3.05, 3.63) is 12.7 Å². The number of hydrogen-bond acceptors (Lipinski definition) is 4. The largest absolute Gasteiger partial charge is 0.502 e. The van der Waals surface area contributed by atoms with E-state index in [1.165, 1.54) is 6.08 Å². The molecule has 0 saturated heterocycles. The summed E-state index contributed by atoms with van der Waals surface area (Å²) in [6.45, 7) is 11.9. The molecule has 0 aliphatic heterocycles. The number of carbonyl (C=O) groups is 1. The first-order valence-corrected chi connectivity index (χ1v) is 9.39. The Labute approximate surface area is 124 Å². The Hall–Kier alpha value is -0.693. The van der Waals surface area contributed by atoms with Crippen LogP contribution >= 0.6 is 0 Å². The van der Waals surface area contributed by atoms with Crippen LogP contribution in [0.4, 0.5) is 0 Å². The van der Waals surface area contributed by atoms with Crippen molar-refractivity contribution in [2.45, 2.75) is 46.1 Å².